The third-order valence-electron chi connectivity index (χ3n) is 5.61. The average molecular weight is 453 g/mol. The van der Waals surface area contributed by atoms with Gasteiger partial charge in [0.1, 0.15) is 22.5 Å². The van der Waals surface area contributed by atoms with Gasteiger partial charge in [-0.25, -0.2) is 15.8 Å². The first-order valence-corrected chi connectivity index (χ1v) is 11.3. The first-order valence-electron chi connectivity index (χ1n) is 10.5. The minimum absolute atomic E-state index is 0.0398. The number of thiazole rings is 1. The van der Waals surface area contributed by atoms with Gasteiger partial charge in [-0.2, -0.15) is 0 Å². The quantitative estimate of drug-likeness (QED) is 0.507. The van der Waals surface area contributed by atoms with Crippen molar-refractivity contribution < 1.29 is 14.3 Å². The molecule has 3 aromatic rings. The van der Waals surface area contributed by atoms with E-state index in [9.17, 15) is 4.79 Å². The Balaban J connectivity index is 1.38. The largest absolute Gasteiger partial charge is 0.497 e. The maximum absolute atomic E-state index is 12.8. The Bertz CT molecular complexity index is 1100. The van der Waals surface area contributed by atoms with Crippen molar-refractivity contribution in [2.75, 3.05) is 14.2 Å². The Labute approximate surface area is 192 Å². The summed E-state index contributed by atoms with van der Waals surface area (Å²) < 4.78 is 10.6. The molecule has 1 aliphatic heterocycles. The molecular formula is C24H28N4O3S. The first kappa shape index (κ1) is 22.3. The second-order valence-electron chi connectivity index (χ2n) is 7.86. The van der Waals surface area contributed by atoms with Gasteiger partial charge in [0, 0.05) is 28.6 Å². The molecule has 0 radical (unpaired) electrons. The van der Waals surface area contributed by atoms with Crippen molar-refractivity contribution >= 4 is 17.2 Å². The minimum atomic E-state index is -0.325. The lowest BCUT2D eigenvalue weighted by Gasteiger charge is -2.13. The first-order chi connectivity index (χ1) is 15.5. The number of ether oxygens (including phenoxy) is 2. The van der Waals surface area contributed by atoms with Gasteiger partial charge in [-0.15, -0.1) is 11.3 Å². The highest BCUT2D eigenvalue weighted by Gasteiger charge is 2.32. The summed E-state index contributed by atoms with van der Waals surface area (Å²) in [4.78, 5) is 18.7. The highest BCUT2D eigenvalue weighted by molar-refractivity contribution is 7.15. The maximum atomic E-state index is 12.8. The molecule has 0 aliphatic carbocycles. The predicted octanol–water partition coefficient (Wildman–Crippen LogP) is 3.67. The number of nitrogens with zero attached hydrogens (tertiary/aromatic N) is 1. The Morgan fingerprint density at radius 1 is 1.12 bits per heavy atom. The number of aromatic nitrogens is 1. The summed E-state index contributed by atoms with van der Waals surface area (Å²) in [7, 11) is 3.22. The molecule has 1 fully saturated rings. The van der Waals surface area contributed by atoms with Gasteiger partial charge in [-0.1, -0.05) is 29.8 Å². The molecular weight excluding hydrogens is 424 g/mol. The fraction of sp³-hybridized carbons (Fsp3) is 0.333. The number of rotatable bonds is 7. The molecule has 2 heterocycles. The molecule has 1 aromatic heterocycles. The molecule has 0 spiro atoms. The molecule has 1 aliphatic rings. The minimum Gasteiger partial charge on any atom is -0.497 e. The average Bonchev–Trinajstić information content (AvgIpc) is 3.44. The van der Waals surface area contributed by atoms with Crippen LogP contribution < -0.4 is 25.6 Å². The molecule has 1 saturated heterocycles. The van der Waals surface area contributed by atoms with Gasteiger partial charge in [0.2, 0.25) is 5.91 Å². The van der Waals surface area contributed by atoms with Crippen molar-refractivity contribution in [3.8, 4) is 22.1 Å². The van der Waals surface area contributed by atoms with E-state index in [1.807, 2.05) is 25.1 Å². The van der Waals surface area contributed by atoms with Crippen LogP contribution in [-0.4, -0.2) is 31.2 Å². The normalized spacial score (nSPS) is 17.9. The standard InChI is InChI=1S/C24H28N4O3S/c1-14-5-7-16(8-6-14)24-26-15(2)22(32-24)19-12-20(28-27-19)23(29)25-13-17-9-10-18(30-3)11-21(17)31-4/h5-11,19-20,27-28H,12-13H2,1-4H3,(H,25,29). The van der Waals surface area contributed by atoms with Crippen molar-refractivity contribution in [1.29, 1.82) is 0 Å². The predicted molar refractivity (Wildman–Crippen MR) is 126 cm³/mol. The Kier molecular flexibility index (Phi) is 6.74. The molecule has 2 atom stereocenters. The molecule has 0 saturated carbocycles. The van der Waals surface area contributed by atoms with Gasteiger partial charge in [-0.3, -0.25) is 4.79 Å². The number of aryl methyl sites for hydroxylation is 2. The molecule has 2 unspecified atom stereocenters. The SMILES string of the molecule is COc1ccc(CNC(=O)C2CC(c3sc(-c4ccc(C)cc4)nc3C)NN2)c(OC)c1. The van der Waals surface area contributed by atoms with Crippen molar-refractivity contribution in [3.63, 3.8) is 0 Å². The van der Waals surface area contributed by atoms with Crippen LogP contribution in [0.15, 0.2) is 42.5 Å². The zero-order valence-electron chi connectivity index (χ0n) is 18.7. The van der Waals surface area contributed by atoms with Crippen molar-refractivity contribution in [2.24, 2.45) is 0 Å². The van der Waals surface area contributed by atoms with E-state index in [1.54, 1.807) is 25.6 Å². The van der Waals surface area contributed by atoms with Crippen LogP contribution in [0.3, 0.4) is 0 Å². The molecule has 8 heteroatoms. The zero-order valence-corrected chi connectivity index (χ0v) is 19.5. The summed E-state index contributed by atoms with van der Waals surface area (Å²) in [5.74, 6) is 1.34. The summed E-state index contributed by atoms with van der Waals surface area (Å²) in [6.45, 7) is 4.48. The zero-order chi connectivity index (χ0) is 22.7. The Morgan fingerprint density at radius 3 is 2.62 bits per heavy atom. The Hall–Kier alpha value is -2.94. The number of hydrogen-bond acceptors (Lipinski definition) is 7. The summed E-state index contributed by atoms with van der Waals surface area (Å²) in [5, 5.41) is 4.00. The highest BCUT2D eigenvalue weighted by Crippen LogP contribution is 2.35. The van der Waals surface area contributed by atoms with Gasteiger partial charge in [0.25, 0.3) is 0 Å². The van der Waals surface area contributed by atoms with Gasteiger partial charge in [0.05, 0.1) is 26.0 Å². The van der Waals surface area contributed by atoms with Crippen LogP contribution in [0.1, 0.15) is 34.2 Å². The summed E-state index contributed by atoms with van der Waals surface area (Å²) in [6.07, 6.45) is 0.655. The van der Waals surface area contributed by atoms with Crippen LogP contribution in [0.5, 0.6) is 11.5 Å². The van der Waals surface area contributed by atoms with Crippen molar-refractivity contribution in [1.82, 2.24) is 21.2 Å². The summed E-state index contributed by atoms with van der Waals surface area (Å²) in [5.41, 5.74) is 10.6. The van der Waals surface area contributed by atoms with Gasteiger partial charge in [0.15, 0.2) is 0 Å². The molecule has 2 aromatic carbocycles. The molecule has 32 heavy (non-hydrogen) atoms. The van der Waals surface area contributed by atoms with E-state index < -0.39 is 0 Å². The van der Waals surface area contributed by atoms with Gasteiger partial charge in [-0.05, 0) is 32.4 Å². The van der Waals surface area contributed by atoms with Crippen LogP contribution in [0, 0.1) is 13.8 Å². The van der Waals surface area contributed by atoms with Crippen molar-refractivity contribution in [2.45, 2.75) is 38.9 Å². The fourth-order valence-corrected chi connectivity index (χ4v) is 4.89. The topological polar surface area (TPSA) is 84.5 Å². The molecule has 7 nitrogen and oxygen atoms in total. The van der Waals surface area contributed by atoms with Crippen LogP contribution in [0.2, 0.25) is 0 Å². The van der Waals surface area contributed by atoms with Crippen LogP contribution in [0.4, 0.5) is 0 Å². The third-order valence-corrected chi connectivity index (χ3v) is 6.93. The number of carbonyl (C=O) groups excluding carboxylic acids is 1. The second kappa shape index (κ2) is 9.68. The van der Waals surface area contributed by atoms with E-state index in [0.29, 0.717) is 24.5 Å². The highest BCUT2D eigenvalue weighted by atomic mass is 32.1. The number of benzene rings is 2. The fourth-order valence-electron chi connectivity index (χ4n) is 3.75. The Morgan fingerprint density at radius 2 is 1.91 bits per heavy atom. The van der Waals surface area contributed by atoms with E-state index >= 15 is 0 Å². The van der Waals surface area contributed by atoms with E-state index in [1.165, 1.54) is 5.56 Å². The smallest absolute Gasteiger partial charge is 0.238 e. The van der Waals surface area contributed by atoms with E-state index in [0.717, 1.165) is 26.7 Å². The van der Waals surface area contributed by atoms with Gasteiger partial charge >= 0.3 is 0 Å². The van der Waals surface area contributed by atoms with E-state index in [4.69, 9.17) is 14.5 Å². The lowest BCUT2D eigenvalue weighted by Crippen LogP contribution is -2.42. The number of hydrogen-bond donors (Lipinski definition) is 3. The van der Waals surface area contributed by atoms with Crippen LogP contribution in [0.25, 0.3) is 10.6 Å². The monoisotopic (exact) mass is 452 g/mol. The molecule has 168 valence electrons. The second-order valence-corrected chi connectivity index (χ2v) is 8.89. The van der Waals surface area contributed by atoms with Crippen LogP contribution in [-0.2, 0) is 11.3 Å². The van der Waals surface area contributed by atoms with Crippen LogP contribution >= 0.6 is 11.3 Å². The number of hydrazine groups is 1. The maximum Gasteiger partial charge on any atom is 0.238 e. The molecule has 1 amide bonds. The lowest BCUT2D eigenvalue weighted by atomic mass is 10.1. The molecule has 4 rings (SSSR count). The molecule has 0 bridgehead atoms. The van der Waals surface area contributed by atoms with Crippen molar-refractivity contribution in [3.05, 3.63) is 64.2 Å². The lowest BCUT2D eigenvalue weighted by molar-refractivity contribution is -0.123. The number of methoxy groups -OCH3 is 2. The summed E-state index contributed by atoms with van der Waals surface area (Å²) in [6, 6.07) is 13.7. The van der Waals surface area contributed by atoms with E-state index in [-0.39, 0.29) is 18.0 Å². The number of nitrogens with one attached hydrogen (secondary N) is 3. The summed E-state index contributed by atoms with van der Waals surface area (Å²) >= 11 is 1.67. The number of amides is 1. The molecule has 3 N–H and O–H groups in total. The third kappa shape index (κ3) is 4.77. The van der Waals surface area contributed by atoms with Gasteiger partial charge < -0.3 is 14.8 Å². The number of carbonyl (C=O) groups is 1. The van der Waals surface area contributed by atoms with E-state index in [2.05, 4.69) is 47.4 Å².